The standard InChI is InChI=1S/C20H20FN3O/c21-17-10-6-9-16(13-17)18-11-4-5-12-24(18)14-19-22-20(23-25-19)15-7-2-1-3-8-15/h1-3,6-10,13,18H,4-5,11-12,14H2/t18-/m1/s1. The fraction of sp³-hybridized carbons (Fsp3) is 0.300. The van der Waals surface area contributed by atoms with Crippen LogP contribution < -0.4 is 0 Å². The SMILES string of the molecule is Fc1cccc([C@H]2CCCCN2Cc2nc(-c3ccccc3)no2)c1. The average Bonchev–Trinajstić information content (AvgIpc) is 3.11. The van der Waals surface area contributed by atoms with Gasteiger partial charge in [0.05, 0.1) is 6.54 Å². The summed E-state index contributed by atoms with van der Waals surface area (Å²) in [5.41, 5.74) is 1.96. The van der Waals surface area contributed by atoms with Crippen molar-refractivity contribution in [2.75, 3.05) is 6.54 Å². The Labute approximate surface area is 146 Å². The van der Waals surface area contributed by atoms with Crippen molar-refractivity contribution < 1.29 is 8.91 Å². The number of hydrogen-bond donors (Lipinski definition) is 0. The summed E-state index contributed by atoms with van der Waals surface area (Å²) in [5.74, 6) is 1.02. The maximum absolute atomic E-state index is 13.6. The van der Waals surface area contributed by atoms with Gasteiger partial charge in [-0.15, -0.1) is 0 Å². The molecule has 0 bridgehead atoms. The van der Waals surface area contributed by atoms with E-state index >= 15 is 0 Å². The lowest BCUT2D eigenvalue weighted by Crippen LogP contribution is -2.33. The van der Waals surface area contributed by atoms with Crippen LogP contribution >= 0.6 is 0 Å². The Morgan fingerprint density at radius 1 is 1.08 bits per heavy atom. The number of aromatic nitrogens is 2. The zero-order valence-corrected chi connectivity index (χ0v) is 13.9. The number of rotatable bonds is 4. The minimum atomic E-state index is -0.188. The molecule has 5 heteroatoms. The highest BCUT2D eigenvalue weighted by Crippen LogP contribution is 2.32. The van der Waals surface area contributed by atoms with E-state index in [0.29, 0.717) is 18.3 Å². The highest BCUT2D eigenvalue weighted by molar-refractivity contribution is 5.53. The second-order valence-electron chi connectivity index (χ2n) is 6.41. The van der Waals surface area contributed by atoms with Crippen LogP contribution in [0.2, 0.25) is 0 Å². The predicted molar refractivity (Wildman–Crippen MR) is 93.1 cm³/mol. The molecule has 2 aromatic carbocycles. The van der Waals surface area contributed by atoms with Gasteiger partial charge in [-0.2, -0.15) is 4.98 Å². The Kier molecular flexibility index (Phi) is 4.57. The van der Waals surface area contributed by atoms with Crippen LogP contribution in [0.1, 0.15) is 36.8 Å². The first-order valence-electron chi connectivity index (χ1n) is 8.67. The van der Waals surface area contributed by atoms with Gasteiger partial charge in [-0.05, 0) is 37.1 Å². The van der Waals surface area contributed by atoms with E-state index in [-0.39, 0.29) is 11.9 Å². The maximum Gasteiger partial charge on any atom is 0.241 e. The molecule has 0 spiro atoms. The monoisotopic (exact) mass is 337 g/mol. The van der Waals surface area contributed by atoms with Crippen molar-refractivity contribution in [1.82, 2.24) is 15.0 Å². The van der Waals surface area contributed by atoms with Crippen molar-refractivity contribution in [1.29, 1.82) is 0 Å². The van der Waals surface area contributed by atoms with Gasteiger partial charge in [-0.25, -0.2) is 4.39 Å². The van der Waals surface area contributed by atoms with Gasteiger partial charge in [0.25, 0.3) is 0 Å². The molecular formula is C20H20FN3O. The molecule has 1 aliphatic rings. The Morgan fingerprint density at radius 2 is 1.96 bits per heavy atom. The summed E-state index contributed by atoms with van der Waals surface area (Å²) in [7, 11) is 0. The van der Waals surface area contributed by atoms with Gasteiger partial charge in [0.2, 0.25) is 11.7 Å². The topological polar surface area (TPSA) is 42.2 Å². The third kappa shape index (κ3) is 3.61. The van der Waals surface area contributed by atoms with E-state index in [4.69, 9.17) is 4.52 Å². The van der Waals surface area contributed by atoms with Crippen molar-refractivity contribution in [3.8, 4) is 11.4 Å². The maximum atomic E-state index is 13.6. The van der Waals surface area contributed by atoms with Gasteiger partial charge in [-0.3, -0.25) is 4.90 Å². The Hall–Kier alpha value is -2.53. The summed E-state index contributed by atoms with van der Waals surface area (Å²) < 4.78 is 19.1. The molecule has 0 saturated carbocycles. The zero-order chi connectivity index (χ0) is 17.1. The molecule has 1 saturated heterocycles. The zero-order valence-electron chi connectivity index (χ0n) is 13.9. The normalized spacial score (nSPS) is 18.4. The van der Waals surface area contributed by atoms with Gasteiger partial charge in [0.1, 0.15) is 5.82 Å². The summed E-state index contributed by atoms with van der Waals surface area (Å²) in [6.45, 7) is 1.53. The van der Waals surface area contributed by atoms with E-state index in [2.05, 4.69) is 15.0 Å². The molecule has 1 fully saturated rings. The number of piperidine rings is 1. The Bertz CT molecular complexity index is 834. The van der Waals surface area contributed by atoms with Crippen molar-refractivity contribution in [3.63, 3.8) is 0 Å². The molecule has 2 heterocycles. The molecule has 1 aliphatic heterocycles. The van der Waals surface area contributed by atoms with Crippen LogP contribution in [-0.2, 0) is 6.54 Å². The molecule has 4 rings (SSSR count). The van der Waals surface area contributed by atoms with Crippen molar-refractivity contribution >= 4 is 0 Å². The number of halogens is 1. The molecule has 0 unspecified atom stereocenters. The number of benzene rings is 2. The number of likely N-dealkylation sites (tertiary alicyclic amines) is 1. The third-order valence-electron chi connectivity index (χ3n) is 4.69. The van der Waals surface area contributed by atoms with Crippen LogP contribution in [0.5, 0.6) is 0 Å². The lowest BCUT2D eigenvalue weighted by molar-refractivity contribution is 0.123. The first-order chi connectivity index (χ1) is 12.3. The number of nitrogens with zero attached hydrogens (tertiary/aromatic N) is 3. The summed E-state index contributed by atoms with van der Waals surface area (Å²) in [4.78, 5) is 6.83. The minimum absolute atomic E-state index is 0.188. The first kappa shape index (κ1) is 16.0. The fourth-order valence-corrected chi connectivity index (χ4v) is 3.47. The van der Waals surface area contributed by atoms with Gasteiger partial charge in [-0.1, -0.05) is 54.0 Å². The van der Waals surface area contributed by atoms with Crippen molar-refractivity contribution in [3.05, 3.63) is 71.9 Å². The minimum Gasteiger partial charge on any atom is -0.338 e. The molecule has 0 N–H and O–H groups in total. The first-order valence-corrected chi connectivity index (χ1v) is 8.67. The van der Waals surface area contributed by atoms with E-state index in [1.54, 1.807) is 12.1 Å². The lowest BCUT2D eigenvalue weighted by Gasteiger charge is -2.35. The van der Waals surface area contributed by atoms with Crippen molar-refractivity contribution in [2.45, 2.75) is 31.8 Å². The van der Waals surface area contributed by atoms with E-state index in [1.165, 1.54) is 6.07 Å². The molecule has 1 atom stereocenters. The van der Waals surface area contributed by atoms with Gasteiger partial charge >= 0.3 is 0 Å². The quantitative estimate of drug-likeness (QED) is 0.697. The summed E-state index contributed by atoms with van der Waals surface area (Å²) in [6, 6.07) is 16.9. The van der Waals surface area contributed by atoms with Crippen LogP contribution in [0.4, 0.5) is 4.39 Å². The fourth-order valence-electron chi connectivity index (χ4n) is 3.47. The van der Waals surface area contributed by atoms with E-state index in [0.717, 1.165) is 36.9 Å². The molecule has 0 amide bonds. The molecular weight excluding hydrogens is 317 g/mol. The smallest absolute Gasteiger partial charge is 0.241 e. The lowest BCUT2D eigenvalue weighted by atomic mass is 9.95. The van der Waals surface area contributed by atoms with Crippen molar-refractivity contribution in [2.24, 2.45) is 0 Å². The summed E-state index contributed by atoms with van der Waals surface area (Å²) >= 11 is 0. The van der Waals surface area contributed by atoms with Crippen LogP contribution in [0, 0.1) is 5.82 Å². The Morgan fingerprint density at radius 3 is 2.80 bits per heavy atom. The third-order valence-corrected chi connectivity index (χ3v) is 4.69. The average molecular weight is 337 g/mol. The van der Waals surface area contributed by atoms with Crippen LogP contribution in [-0.4, -0.2) is 21.6 Å². The van der Waals surface area contributed by atoms with E-state index < -0.39 is 0 Å². The van der Waals surface area contributed by atoms with Gasteiger partial charge < -0.3 is 4.52 Å². The molecule has 4 nitrogen and oxygen atoms in total. The summed E-state index contributed by atoms with van der Waals surface area (Å²) in [5, 5.41) is 4.09. The van der Waals surface area contributed by atoms with E-state index in [9.17, 15) is 4.39 Å². The Balaban J connectivity index is 1.53. The molecule has 0 aliphatic carbocycles. The second kappa shape index (κ2) is 7.15. The van der Waals surface area contributed by atoms with Crippen LogP contribution in [0.3, 0.4) is 0 Å². The van der Waals surface area contributed by atoms with Gasteiger partial charge in [0, 0.05) is 11.6 Å². The second-order valence-corrected chi connectivity index (χ2v) is 6.41. The molecule has 0 radical (unpaired) electrons. The van der Waals surface area contributed by atoms with Crippen LogP contribution in [0.15, 0.2) is 59.1 Å². The highest BCUT2D eigenvalue weighted by Gasteiger charge is 2.26. The molecule has 25 heavy (non-hydrogen) atoms. The highest BCUT2D eigenvalue weighted by atomic mass is 19.1. The molecule has 128 valence electrons. The predicted octanol–water partition coefficient (Wildman–Crippen LogP) is 4.60. The van der Waals surface area contributed by atoms with E-state index in [1.807, 2.05) is 36.4 Å². The van der Waals surface area contributed by atoms with Gasteiger partial charge in [0.15, 0.2) is 0 Å². The van der Waals surface area contributed by atoms with Crippen LogP contribution in [0.25, 0.3) is 11.4 Å². The molecule has 3 aromatic rings. The number of hydrogen-bond acceptors (Lipinski definition) is 4. The largest absolute Gasteiger partial charge is 0.338 e. The molecule has 1 aromatic heterocycles. The summed E-state index contributed by atoms with van der Waals surface area (Å²) in [6.07, 6.45) is 3.30.